The minimum absolute atomic E-state index is 0.132. The van der Waals surface area contributed by atoms with Crippen LogP contribution in [0.4, 0.5) is 13.2 Å². The van der Waals surface area contributed by atoms with Gasteiger partial charge < -0.3 is 5.11 Å². The molecule has 4 nitrogen and oxygen atoms in total. The largest absolute Gasteiger partial charge is 0.481 e. The number of hydrogen-bond donors (Lipinski definition) is 1. The van der Waals surface area contributed by atoms with Crippen molar-refractivity contribution in [3.8, 4) is 6.07 Å². The molecule has 0 bridgehead atoms. The first-order valence-corrected chi connectivity index (χ1v) is 6.32. The van der Waals surface area contributed by atoms with Crippen LogP contribution in [0.15, 0.2) is 24.3 Å². The van der Waals surface area contributed by atoms with Crippen molar-refractivity contribution in [3.05, 3.63) is 35.4 Å². The lowest BCUT2D eigenvalue weighted by Gasteiger charge is -2.25. The molecule has 0 aliphatic heterocycles. The highest BCUT2D eigenvalue weighted by Gasteiger charge is 2.30. The lowest BCUT2D eigenvalue weighted by Crippen LogP contribution is -2.30. The van der Waals surface area contributed by atoms with E-state index in [1.165, 1.54) is 12.1 Å². The summed E-state index contributed by atoms with van der Waals surface area (Å²) in [5.74, 6) is -0.988. The molecular formula is C14H15F3N2O2. The first kappa shape index (κ1) is 17.0. The van der Waals surface area contributed by atoms with Gasteiger partial charge in [0.15, 0.2) is 0 Å². The van der Waals surface area contributed by atoms with Crippen LogP contribution in [0, 0.1) is 11.3 Å². The number of hydrogen-bond acceptors (Lipinski definition) is 3. The number of nitrogens with zero attached hydrogens (tertiary/aromatic N) is 2. The molecule has 0 spiro atoms. The van der Waals surface area contributed by atoms with Gasteiger partial charge in [0.05, 0.1) is 18.1 Å². The predicted octanol–water partition coefficient (Wildman–Crippen LogP) is 3.07. The number of halogens is 3. The molecule has 0 aliphatic rings. The van der Waals surface area contributed by atoms with Crippen LogP contribution < -0.4 is 0 Å². The van der Waals surface area contributed by atoms with Crippen molar-refractivity contribution in [2.45, 2.75) is 25.6 Å². The van der Waals surface area contributed by atoms with E-state index in [4.69, 9.17) is 5.11 Å². The fourth-order valence-corrected chi connectivity index (χ4v) is 1.93. The summed E-state index contributed by atoms with van der Waals surface area (Å²) in [4.78, 5) is 12.2. The van der Waals surface area contributed by atoms with E-state index >= 15 is 0 Å². The number of carboxylic acids is 1. The molecule has 7 heteroatoms. The van der Waals surface area contributed by atoms with Crippen molar-refractivity contribution < 1.29 is 23.1 Å². The van der Waals surface area contributed by atoms with Gasteiger partial charge >= 0.3 is 12.1 Å². The van der Waals surface area contributed by atoms with E-state index < -0.39 is 23.8 Å². The maximum Gasteiger partial charge on any atom is 0.416 e. The molecule has 0 amide bonds. The lowest BCUT2D eigenvalue weighted by molar-refractivity contribution is -0.138. The molecule has 0 radical (unpaired) electrons. The quantitative estimate of drug-likeness (QED) is 0.877. The standard InChI is InChI=1S/C14H15F3N2O2/c1-2-19(8-7-13(20)21)12(9-18)10-3-5-11(6-4-10)14(15,16)17/h3-6,12H,2,7-8H2,1H3,(H,20,21). The van der Waals surface area contributed by atoms with Crippen molar-refractivity contribution in [2.24, 2.45) is 0 Å². The molecule has 1 N–H and O–H groups in total. The van der Waals surface area contributed by atoms with Crippen LogP contribution in [-0.4, -0.2) is 29.1 Å². The maximum atomic E-state index is 12.5. The Hall–Kier alpha value is -2.07. The number of alkyl halides is 3. The van der Waals surface area contributed by atoms with Crippen LogP contribution in [0.1, 0.15) is 30.5 Å². The van der Waals surface area contributed by atoms with Gasteiger partial charge in [0.1, 0.15) is 6.04 Å². The van der Waals surface area contributed by atoms with E-state index in [0.29, 0.717) is 12.1 Å². The lowest BCUT2D eigenvalue weighted by atomic mass is 10.0. The van der Waals surface area contributed by atoms with Crippen LogP contribution in [0.5, 0.6) is 0 Å². The highest BCUT2D eigenvalue weighted by atomic mass is 19.4. The molecule has 0 saturated carbocycles. The average Bonchev–Trinajstić information content (AvgIpc) is 2.42. The number of benzene rings is 1. The topological polar surface area (TPSA) is 64.3 Å². The molecular weight excluding hydrogens is 285 g/mol. The third kappa shape index (κ3) is 4.76. The fourth-order valence-electron chi connectivity index (χ4n) is 1.93. The summed E-state index contributed by atoms with van der Waals surface area (Å²) in [7, 11) is 0. The van der Waals surface area contributed by atoms with E-state index in [1.54, 1.807) is 11.8 Å². The zero-order valence-corrected chi connectivity index (χ0v) is 11.4. The Morgan fingerprint density at radius 2 is 1.95 bits per heavy atom. The Bertz CT molecular complexity index is 521. The Kier molecular flexibility index (Phi) is 5.73. The van der Waals surface area contributed by atoms with Crippen molar-refractivity contribution in [2.75, 3.05) is 13.1 Å². The van der Waals surface area contributed by atoms with Gasteiger partial charge in [-0.25, -0.2) is 0 Å². The van der Waals surface area contributed by atoms with E-state index in [1.807, 2.05) is 6.07 Å². The number of nitriles is 1. The third-order valence-electron chi connectivity index (χ3n) is 3.06. The molecule has 21 heavy (non-hydrogen) atoms. The van der Waals surface area contributed by atoms with Gasteiger partial charge in [-0.2, -0.15) is 18.4 Å². The summed E-state index contributed by atoms with van der Waals surface area (Å²) in [6, 6.07) is 5.58. The molecule has 0 aliphatic carbocycles. The second-order valence-electron chi connectivity index (χ2n) is 4.42. The number of carboxylic acid groups (broad SMARTS) is 1. The number of carbonyl (C=O) groups is 1. The zero-order chi connectivity index (χ0) is 16.0. The summed E-state index contributed by atoms with van der Waals surface area (Å²) >= 11 is 0. The SMILES string of the molecule is CCN(CCC(=O)O)C(C#N)c1ccc(C(F)(F)F)cc1. The Labute approximate surface area is 120 Å². The van der Waals surface area contributed by atoms with Gasteiger partial charge in [-0.05, 0) is 24.2 Å². The van der Waals surface area contributed by atoms with Crippen molar-refractivity contribution >= 4 is 5.97 Å². The van der Waals surface area contributed by atoms with Crippen LogP contribution in [-0.2, 0) is 11.0 Å². The van der Waals surface area contributed by atoms with Gasteiger partial charge in [0.2, 0.25) is 0 Å². The van der Waals surface area contributed by atoms with Gasteiger partial charge in [-0.1, -0.05) is 19.1 Å². The average molecular weight is 300 g/mol. The van der Waals surface area contributed by atoms with E-state index in [2.05, 4.69) is 0 Å². The Morgan fingerprint density at radius 1 is 1.38 bits per heavy atom. The monoisotopic (exact) mass is 300 g/mol. The number of aliphatic carboxylic acids is 1. The molecule has 0 saturated heterocycles. The summed E-state index contributed by atoms with van der Waals surface area (Å²) < 4.78 is 37.5. The molecule has 0 heterocycles. The molecule has 114 valence electrons. The molecule has 1 unspecified atom stereocenters. The molecule has 0 aromatic heterocycles. The second kappa shape index (κ2) is 7.09. The first-order chi connectivity index (χ1) is 9.79. The van der Waals surface area contributed by atoms with Crippen molar-refractivity contribution in [1.29, 1.82) is 5.26 Å². The maximum absolute atomic E-state index is 12.5. The van der Waals surface area contributed by atoms with E-state index in [0.717, 1.165) is 12.1 Å². The molecule has 1 aromatic carbocycles. The summed E-state index contributed by atoms with van der Waals surface area (Å²) in [5, 5.41) is 17.9. The van der Waals surface area contributed by atoms with Crippen molar-refractivity contribution in [1.82, 2.24) is 4.90 Å². The van der Waals surface area contributed by atoms with Crippen LogP contribution in [0.3, 0.4) is 0 Å². The minimum atomic E-state index is -4.42. The molecule has 0 fully saturated rings. The zero-order valence-electron chi connectivity index (χ0n) is 11.4. The summed E-state index contributed by atoms with van der Waals surface area (Å²) in [6.45, 7) is 2.34. The molecule has 1 atom stereocenters. The third-order valence-corrected chi connectivity index (χ3v) is 3.06. The highest BCUT2D eigenvalue weighted by Crippen LogP contribution is 2.30. The number of rotatable bonds is 6. The normalized spacial score (nSPS) is 13.0. The van der Waals surface area contributed by atoms with Crippen molar-refractivity contribution in [3.63, 3.8) is 0 Å². The highest BCUT2D eigenvalue weighted by molar-refractivity contribution is 5.66. The Balaban J connectivity index is 2.93. The van der Waals surface area contributed by atoms with E-state index in [9.17, 15) is 23.2 Å². The summed E-state index contributed by atoms with van der Waals surface area (Å²) in [5.41, 5.74) is -0.366. The fraction of sp³-hybridized carbons (Fsp3) is 0.429. The Morgan fingerprint density at radius 3 is 2.33 bits per heavy atom. The van der Waals surface area contributed by atoms with Crippen LogP contribution in [0.2, 0.25) is 0 Å². The molecule has 1 aromatic rings. The van der Waals surface area contributed by atoms with Crippen LogP contribution >= 0.6 is 0 Å². The van der Waals surface area contributed by atoms with Crippen LogP contribution in [0.25, 0.3) is 0 Å². The molecule has 1 rings (SSSR count). The van der Waals surface area contributed by atoms with Gasteiger partial charge in [-0.15, -0.1) is 0 Å². The summed E-state index contributed by atoms with van der Waals surface area (Å²) in [6.07, 6.45) is -4.55. The predicted molar refractivity (Wildman–Crippen MR) is 69.3 cm³/mol. The minimum Gasteiger partial charge on any atom is -0.481 e. The van der Waals surface area contributed by atoms with Gasteiger partial charge in [-0.3, -0.25) is 9.69 Å². The van der Waals surface area contributed by atoms with Gasteiger partial charge in [0, 0.05) is 6.54 Å². The first-order valence-electron chi connectivity index (χ1n) is 6.32. The smallest absolute Gasteiger partial charge is 0.416 e. The second-order valence-corrected chi connectivity index (χ2v) is 4.42. The van der Waals surface area contributed by atoms with Gasteiger partial charge in [0.25, 0.3) is 0 Å². The van der Waals surface area contributed by atoms with E-state index in [-0.39, 0.29) is 13.0 Å².